The monoisotopic (exact) mass is 397 g/mol. The Kier molecular flexibility index (Phi) is 6.49. The van der Waals surface area contributed by atoms with Crippen LogP contribution in [-0.4, -0.2) is 29.7 Å². The van der Waals surface area contributed by atoms with Crippen LogP contribution < -0.4 is 10.6 Å². The maximum Gasteiger partial charge on any atom is 0.393 e. The summed E-state index contributed by atoms with van der Waals surface area (Å²) < 4.78 is 39.6. The van der Waals surface area contributed by atoms with E-state index in [1.54, 1.807) is 6.20 Å². The first-order chi connectivity index (χ1) is 12.9. The van der Waals surface area contributed by atoms with Crippen LogP contribution in [0.25, 0.3) is 0 Å². The van der Waals surface area contributed by atoms with Crippen molar-refractivity contribution in [2.45, 2.75) is 43.9 Å². The van der Waals surface area contributed by atoms with E-state index in [1.807, 2.05) is 35.7 Å². The van der Waals surface area contributed by atoms with Crippen molar-refractivity contribution in [2.24, 2.45) is 5.92 Å². The van der Waals surface area contributed by atoms with E-state index in [0.717, 1.165) is 17.0 Å². The third kappa shape index (κ3) is 5.29. The number of carbonyl (C=O) groups is 1. The second-order valence-corrected chi connectivity index (χ2v) is 7.63. The van der Waals surface area contributed by atoms with Crippen LogP contribution in [-0.2, 0) is 4.79 Å². The van der Waals surface area contributed by atoms with Crippen molar-refractivity contribution in [1.29, 1.82) is 0 Å². The van der Waals surface area contributed by atoms with Crippen LogP contribution >= 0.6 is 11.3 Å². The number of benzene rings is 1. The van der Waals surface area contributed by atoms with Crippen molar-refractivity contribution in [3.8, 4) is 0 Å². The minimum absolute atomic E-state index is 0.120. The minimum Gasteiger partial charge on any atom is -0.342 e. The summed E-state index contributed by atoms with van der Waals surface area (Å²) in [5.74, 6) is -1.73. The number of hydrogen-bond donors (Lipinski definition) is 2. The van der Waals surface area contributed by atoms with Gasteiger partial charge in [0.15, 0.2) is 0 Å². The number of aromatic nitrogens is 1. The van der Waals surface area contributed by atoms with Crippen molar-refractivity contribution in [3.05, 3.63) is 52.5 Å². The maximum absolute atomic E-state index is 13.2. The Labute approximate surface area is 160 Å². The molecule has 1 saturated carbocycles. The molecular formula is C19H22F3N3OS. The summed E-state index contributed by atoms with van der Waals surface area (Å²) in [7, 11) is 0. The van der Waals surface area contributed by atoms with Gasteiger partial charge in [0.2, 0.25) is 5.91 Å². The molecule has 0 saturated heterocycles. The van der Waals surface area contributed by atoms with Gasteiger partial charge in [-0.15, -0.1) is 11.3 Å². The topological polar surface area (TPSA) is 54.0 Å². The second-order valence-electron chi connectivity index (χ2n) is 6.70. The first-order valence-electron chi connectivity index (χ1n) is 8.99. The molecule has 0 aliphatic heterocycles. The molecule has 1 aromatic heterocycles. The van der Waals surface area contributed by atoms with Gasteiger partial charge in [-0.2, -0.15) is 13.2 Å². The Morgan fingerprint density at radius 1 is 1.22 bits per heavy atom. The van der Waals surface area contributed by atoms with Crippen LogP contribution in [0.5, 0.6) is 0 Å². The van der Waals surface area contributed by atoms with E-state index in [1.165, 1.54) is 11.3 Å². The number of halogens is 3. The number of alkyl halides is 3. The van der Waals surface area contributed by atoms with Crippen LogP contribution in [0, 0.1) is 5.92 Å². The summed E-state index contributed by atoms with van der Waals surface area (Å²) in [5.41, 5.74) is 0.881. The number of thiazole rings is 1. The number of nitrogens with zero attached hydrogens (tertiary/aromatic N) is 1. The molecule has 0 bridgehead atoms. The molecular weight excluding hydrogens is 375 g/mol. The lowest BCUT2D eigenvalue weighted by Gasteiger charge is -2.33. The molecule has 1 amide bonds. The Hall–Kier alpha value is -1.93. The van der Waals surface area contributed by atoms with E-state index in [-0.39, 0.29) is 18.9 Å². The average molecular weight is 397 g/mol. The van der Waals surface area contributed by atoms with E-state index in [0.29, 0.717) is 12.8 Å². The van der Waals surface area contributed by atoms with Crippen molar-refractivity contribution in [3.63, 3.8) is 0 Å². The molecule has 146 valence electrons. The molecule has 3 rings (SSSR count). The summed E-state index contributed by atoms with van der Waals surface area (Å²) >= 11 is 1.42. The molecule has 3 atom stereocenters. The predicted molar refractivity (Wildman–Crippen MR) is 98.3 cm³/mol. The van der Waals surface area contributed by atoms with Crippen molar-refractivity contribution >= 4 is 17.2 Å². The van der Waals surface area contributed by atoms with Crippen molar-refractivity contribution in [2.75, 3.05) is 6.54 Å². The predicted octanol–water partition coefficient (Wildman–Crippen LogP) is 4.06. The van der Waals surface area contributed by atoms with Crippen LogP contribution in [0.15, 0.2) is 41.9 Å². The zero-order valence-corrected chi connectivity index (χ0v) is 15.5. The Bertz CT molecular complexity index is 722. The molecule has 1 fully saturated rings. The van der Waals surface area contributed by atoms with Gasteiger partial charge in [0.1, 0.15) is 11.0 Å². The third-order valence-electron chi connectivity index (χ3n) is 4.85. The summed E-state index contributed by atoms with van der Waals surface area (Å²) in [4.78, 5) is 16.7. The lowest BCUT2D eigenvalue weighted by molar-refractivity contribution is -0.189. The van der Waals surface area contributed by atoms with Gasteiger partial charge in [-0.3, -0.25) is 4.79 Å². The normalized spacial score (nSPS) is 21.6. The van der Waals surface area contributed by atoms with E-state index in [4.69, 9.17) is 0 Å². The van der Waals surface area contributed by atoms with E-state index < -0.39 is 24.2 Å². The fourth-order valence-corrected chi connectivity index (χ4v) is 4.23. The molecule has 8 heteroatoms. The molecule has 0 spiro atoms. The fraction of sp³-hybridized carbons (Fsp3) is 0.474. The fourth-order valence-electron chi connectivity index (χ4n) is 3.51. The van der Waals surface area contributed by atoms with Crippen molar-refractivity contribution < 1.29 is 18.0 Å². The first-order valence-corrected chi connectivity index (χ1v) is 9.87. The molecule has 0 radical (unpaired) electrons. The molecule has 1 aliphatic rings. The highest BCUT2D eigenvalue weighted by atomic mass is 32.1. The SMILES string of the molecule is O=C(CNC1CCCCC1C(F)(F)F)NC(c1ccccc1)c1nccs1. The molecule has 1 aromatic carbocycles. The summed E-state index contributed by atoms with van der Waals surface area (Å²) in [5, 5.41) is 8.29. The van der Waals surface area contributed by atoms with Gasteiger partial charge in [0.25, 0.3) is 0 Å². The lowest BCUT2D eigenvalue weighted by Crippen LogP contribution is -2.48. The molecule has 1 heterocycles. The third-order valence-corrected chi connectivity index (χ3v) is 5.69. The number of hydrogen-bond acceptors (Lipinski definition) is 4. The summed E-state index contributed by atoms with van der Waals surface area (Å²) in [6.45, 7) is -0.147. The van der Waals surface area contributed by atoms with Crippen LogP contribution in [0.4, 0.5) is 13.2 Å². The van der Waals surface area contributed by atoms with Gasteiger partial charge in [0, 0.05) is 17.6 Å². The van der Waals surface area contributed by atoms with Crippen LogP contribution in [0.2, 0.25) is 0 Å². The minimum atomic E-state index is -4.23. The number of rotatable bonds is 6. The lowest BCUT2D eigenvalue weighted by atomic mass is 9.84. The highest BCUT2D eigenvalue weighted by Crippen LogP contribution is 2.37. The van der Waals surface area contributed by atoms with Gasteiger partial charge in [-0.1, -0.05) is 43.2 Å². The molecule has 2 aromatic rings. The molecule has 3 unspecified atom stereocenters. The van der Waals surface area contributed by atoms with Gasteiger partial charge in [-0.25, -0.2) is 4.98 Å². The number of amides is 1. The Balaban J connectivity index is 1.63. The molecule has 1 aliphatic carbocycles. The molecule has 2 N–H and O–H groups in total. The zero-order valence-electron chi connectivity index (χ0n) is 14.7. The number of nitrogens with one attached hydrogen (secondary N) is 2. The Morgan fingerprint density at radius 3 is 2.63 bits per heavy atom. The molecule has 4 nitrogen and oxygen atoms in total. The standard InChI is InChI=1S/C19H22F3N3OS/c20-19(21,22)14-8-4-5-9-15(14)24-12-16(26)25-17(18-23-10-11-27-18)13-6-2-1-3-7-13/h1-3,6-7,10-11,14-15,17,24H,4-5,8-9,12H2,(H,25,26). The largest absolute Gasteiger partial charge is 0.393 e. The highest BCUT2D eigenvalue weighted by Gasteiger charge is 2.45. The van der Waals surface area contributed by atoms with Gasteiger partial charge >= 0.3 is 6.18 Å². The van der Waals surface area contributed by atoms with E-state index in [2.05, 4.69) is 15.6 Å². The average Bonchev–Trinajstić information content (AvgIpc) is 3.19. The van der Waals surface area contributed by atoms with Gasteiger partial charge < -0.3 is 10.6 Å². The van der Waals surface area contributed by atoms with Gasteiger partial charge in [-0.05, 0) is 18.4 Å². The molecule has 27 heavy (non-hydrogen) atoms. The smallest absolute Gasteiger partial charge is 0.342 e. The summed E-state index contributed by atoms with van der Waals surface area (Å²) in [6.07, 6.45) is -0.689. The number of carbonyl (C=O) groups excluding carboxylic acids is 1. The zero-order chi connectivity index (χ0) is 19.3. The maximum atomic E-state index is 13.2. The Morgan fingerprint density at radius 2 is 1.96 bits per heavy atom. The highest BCUT2D eigenvalue weighted by molar-refractivity contribution is 7.09. The summed E-state index contributed by atoms with van der Waals surface area (Å²) in [6, 6.07) is 8.28. The van der Waals surface area contributed by atoms with Gasteiger partial charge in [0.05, 0.1) is 12.5 Å². The van der Waals surface area contributed by atoms with Crippen LogP contribution in [0.1, 0.15) is 42.3 Å². The first kappa shape index (κ1) is 19.8. The quantitative estimate of drug-likeness (QED) is 0.773. The second kappa shape index (κ2) is 8.84. The van der Waals surface area contributed by atoms with E-state index >= 15 is 0 Å². The van der Waals surface area contributed by atoms with E-state index in [9.17, 15) is 18.0 Å². The van der Waals surface area contributed by atoms with Crippen molar-refractivity contribution in [1.82, 2.24) is 15.6 Å². The van der Waals surface area contributed by atoms with Crippen LogP contribution in [0.3, 0.4) is 0 Å².